The summed E-state index contributed by atoms with van der Waals surface area (Å²) in [6, 6.07) is 29.3. The Morgan fingerprint density at radius 2 is 1.30 bits per heavy atom. The van der Waals surface area contributed by atoms with Gasteiger partial charge in [0, 0.05) is 0 Å². The fourth-order valence-electron chi connectivity index (χ4n) is 5.74. The van der Waals surface area contributed by atoms with E-state index in [1.54, 1.807) is 24.3 Å². The minimum atomic E-state index is -4.38. The highest BCUT2D eigenvalue weighted by Crippen LogP contribution is 2.56. The average Bonchev–Trinajstić information content (AvgIpc) is 3.37. The Morgan fingerprint density at radius 1 is 0.667 bits per heavy atom. The monoisotopic (exact) mass is 440 g/mol. The molecule has 2 aliphatic rings. The van der Waals surface area contributed by atoms with Gasteiger partial charge in [0.15, 0.2) is 0 Å². The molecule has 0 saturated carbocycles. The lowest BCUT2D eigenvalue weighted by Gasteiger charge is -2.30. The summed E-state index contributed by atoms with van der Waals surface area (Å²) < 4.78 is 43.3. The quantitative estimate of drug-likeness (QED) is 0.295. The normalized spacial score (nSPS) is 19.3. The first-order valence-electron chi connectivity index (χ1n) is 11.3. The zero-order chi connectivity index (χ0) is 22.8. The van der Waals surface area contributed by atoms with Crippen molar-refractivity contribution >= 4 is 0 Å². The fourth-order valence-corrected chi connectivity index (χ4v) is 5.74. The summed E-state index contributed by atoms with van der Waals surface area (Å²) in [6.07, 6.45) is -2.37. The van der Waals surface area contributed by atoms with Gasteiger partial charge in [0.05, 0.1) is 0 Å². The number of rotatable bonds is 2. The molecule has 0 bridgehead atoms. The summed E-state index contributed by atoms with van der Waals surface area (Å²) in [5, 5.41) is 0. The minimum Gasteiger partial charge on any atom is -0.170 e. The molecule has 4 aromatic carbocycles. The molecular weight excluding hydrogens is 417 g/mol. The summed E-state index contributed by atoms with van der Waals surface area (Å²) in [4.78, 5) is 0. The summed E-state index contributed by atoms with van der Waals surface area (Å²) in [5.41, 5.74) is 5.84. The maximum Gasteiger partial charge on any atom is 0.402 e. The summed E-state index contributed by atoms with van der Waals surface area (Å²) >= 11 is 0. The van der Waals surface area contributed by atoms with Gasteiger partial charge < -0.3 is 0 Å². The second kappa shape index (κ2) is 7.08. The molecular formula is C30H23F3. The summed E-state index contributed by atoms with van der Waals surface area (Å²) in [5.74, 6) is 0.404. The van der Waals surface area contributed by atoms with Crippen molar-refractivity contribution in [1.29, 1.82) is 0 Å². The van der Waals surface area contributed by atoms with Crippen LogP contribution in [0.3, 0.4) is 0 Å². The topological polar surface area (TPSA) is 0 Å². The van der Waals surface area contributed by atoms with E-state index in [1.165, 1.54) is 23.6 Å². The van der Waals surface area contributed by atoms with Crippen molar-refractivity contribution in [3.8, 4) is 22.3 Å². The van der Waals surface area contributed by atoms with Gasteiger partial charge in [-0.25, -0.2) is 0 Å². The lowest BCUT2D eigenvalue weighted by molar-refractivity contribution is -0.172. The van der Waals surface area contributed by atoms with E-state index in [0.29, 0.717) is 28.2 Å². The molecule has 33 heavy (non-hydrogen) atoms. The van der Waals surface area contributed by atoms with Gasteiger partial charge in [-0.3, -0.25) is 0 Å². The molecule has 0 fully saturated rings. The van der Waals surface area contributed by atoms with Crippen molar-refractivity contribution < 1.29 is 13.2 Å². The number of halogens is 3. The Morgan fingerprint density at radius 3 is 2.03 bits per heavy atom. The van der Waals surface area contributed by atoms with Gasteiger partial charge in [0.2, 0.25) is 0 Å². The third-order valence-corrected chi connectivity index (χ3v) is 7.62. The first kappa shape index (κ1) is 20.3. The van der Waals surface area contributed by atoms with E-state index in [4.69, 9.17) is 0 Å². The van der Waals surface area contributed by atoms with Crippen LogP contribution in [0.2, 0.25) is 0 Å². The molecule has 0 nitrogen and oxygen atoms in total. The van der Waals surface area contributed by atoms with Crippen molar-refractivity contribution in [2.45, 2.75) is 37.3 Å². The second-order valence-electron chi connectivity index (χ2n) is 9.43. The highest BCUT2D eigenvalue weighted by atomic mass is 19.4. The van der Waals surface area contributed by atoms with E-state index >= 15 is 0 Å². The van der Waals surface area contributed by atoms with Crippen LogP contribution in [0.5, 0.6) is 0 Å². The van der Waals surface area contributed by atoms with Gasteiger partial charge in [-0.1, -0.05) is 84.9 Å². The van der Waals surface area contributed by atoms with Crippen molar-refractivity contribution in [1.82, 2.24) is 0 Å². The molecule has 3 heteroatoms. The van der Waals surface area contributed by atoms with Crippen molar-refractivity contribution in [3.05, 3.63) is 119 Å². The van der Waals surface area contributed by atoms with E-state index in [9.17, 15) is 13.2 Å². The van der Waals surface area contributed by atoms with Crippen molar-refractivity contribution in [2.24, 2.45) is 0 Å². The van der Waals surface area contributed by atoms with Crippen LogP contribution < -0.4 is 0 Å². The van der Waals surface area contributed by atoms with Crippen LogP contribution in [0.25, 0.3) is 22.3 Å². The van der Waals surface area contributed by atoms with Crippen LogP contribution >= 0.6 is 0 Å². The number of hydrogen-bond acceptors (Lipinski definition) is 0. The summed E-state index contributed by atoms with van der Waals surface area (Å²) in [6.45, 7) is 1.31. The van der Waals surface area contributed by atoms with Crippen LogP contribution in [0.1, 0.15) is 40.7 Å². The lowest BCUT2D eigenvalue weighted by Crippen LogP contribution is -2.38. The van der Waals surface area contributed by atoms with Crippen LogP contribution in [0.15, 0.2) is 91.0 Å². The largest absolute Gasteiger partial charge is 0.402 e. The van der Waals surface area contributed by atoms with Crippen LogP contribution in [0, 0.1) is 0 Å². The zero-order valence-corrected chi connectivity index (χ0v) is 18.3. The number of fused-ring (bicyclic) bond motifs is 4. The van der Waals surface area contributed by atoms with Gasteiger partial charge >= 0.3 is 6.18 Å². The van der Waals surface area contributed by atoms with Gasteiger partial charge in [-0.2, -0.15) is 13.2 Å². The Balaban J connectivity index is 1.42. The molecule has 0 heterocycles. The summed E-state index contributed by atoms with van der Waals surface area (Å²) in [7, 11) is 0. The number of hydrogen-bond donors (Lipinski definition) is 0. The molecule has 1 atom stereocenters. The van der Waals surface area contributed by atoms with E-state index in [0.717, 1.165) is 24.0 Å². The molecule has 0 amide bonds. The van der Waals surface area contributed by atoms with Crippen LogP contribution in [0.4, 0.5) is 13.2 Å². The van der Waals surface area contributed by atoms with Crippen LogP contribution in [-0.2, 0) is 18.3 Å². The Bertz CT molecular complexity index is 1360. The first-order chi connectivity index (χ1) is 15.9. The van der Waals surface area contributed by atoms with E-state index in [-0.39, 0.29) is 0 Å². The van der Waals surface area contributed by atoms with E-state index in [2.05, 4.69) is 36.4 Å². The molecule has 1 unspecified atom stereocenters. The van der Waals surface area contributed by atoms with Gasteiger partial charge in [0.1, 0.15) is 5.41 Å². The molecule has 2 aliphatic carbocycles. The highest BCUT2D eigenvalue weighted by Gasteiger charge is 2.58. The Labute approximate surface area is 191 Å². The predicted octanol–water partition coefficient (Wildman–Crippen LogP) is 8.08. The SMILES string of the molecule is CC1(C(F)(F)F)c2ccccc2-c2ccc(-c3cccc(C4Cc5ccccc5C4)c3)cc21. The van der Waals surface area contributed by atoms with Gasteiger partial charge in [-0.05, 0) is 81.8 Å². The third kappa shape index (κ3) is 2.98. The maximum absolute atomic E-state index is 14.4. The Hall–Kier alpha value is -3.33. The molecule has 0 saturated heterocycles. The Kier molecular flexibility index (Phi) is 4.35. The lowest BCUT2D eigenvalue weighted by atomic mass is 9.78. The molecule has 0 aromatic heterocycles. The first-order valence-corrected chi connectivity index (χ1v) is 11.3. The van der Waals surface area contributed by atoms with E-state index in [1.807, 2.05) is 30.3 Å². The maximum atomic E-state index is 14.4. The number of benzene rings is 4. The predicted molar refractivity (Wildman–Crippen MR) is 126 cm³/mol. The molecule has 0 spiro atoms. The average molecular weight is 441 g/mol. The van der Waals surface area contributed by atoms with E-state index < -0.39 is 11.6 Å². The molecule has 0 N–H and O–H groups in total. The third-order valence-electron chi connectivity index (χ3n) is 7.62. The van der Waals surface area contributed by atoms with Gasteiger partial charge in [-0.15, -0.1) is 0 Å². The molecule has 0 aliphatic heterocycles. The fraction of sp³-hybridized carbons (Fsp3) is 0.200. The number of alkyl halides is 3. The highest BCUT2D eigenvalue weighted by molar-refractivity contribution is 5.84. The van der Waals surface area contributed by atoms with Crippen molar-refractivity contribution in [3.63, 3.8) is 0 Å². The second-order valence-corrected chi connectivity index (χ2v) is 9.43. The molecule has 4 aromatic rings. The zero-order valence-electron chi connectivity index (χ0n) is 18.3. The minimum absolute atomic E-state index is 0.335. The molecule has 164 valence electrons. The van der Waals surface area contributed by atoms with Gasteiger partial charge in [0.25, 0.3) is 0 Å². The van der Waals surface area contributed by atoms with Crippen molar-refractivity contribution in [2.75, 3.05) is 0 Å². The standard InChI is InChI=1S/C30H23F3/c1-29(30(31,32)33)27-12-5-4-11-25(27)26-14-13-23(18-28(26)29)21-9-6-10-22(15-21)24-16-19-7-2-3-8-20(19)17-24/h2-15,18,24H,16-17H2,1H3. The smallest absolute Gasteiger partial charge is 0.170 e. The van der Waals surface area contributed by atoms with Crippen LogP contribution in [-0.4, -0.2) is 6.18 Å². The molecule has 6 rings (SSSR count). The molecule has 0 radical (unpaired) electrons.